The number of rotatable bonds is 1. The lowest BCUT2D eigenvalue weighted by Crippen LogP contribution is -2.35. The van der Waals surface area contributed by atoms with Crippen molar-refractivity contribution >= 4 is 6.21 Å². The predicted molar refractivity (Wildman–Crippen MR) is 47.7 cm³/mol. The van der Waals surface area contributed by atoms with Gasteiger partial charge in [-0.2, -0.15) is 5.10 Å². The van der Waals surface area contributed by atoms with E-state index in [1.807, 2.05) is 0 Å². The van der Waals surface area contributed by atoms with Crippen molar-refractivity contribution < 1.29 is 4.92 Å². The molecule has 2 aliphatic rings. The van der Waals surface area contributed by atoms with Crippen molar-refractivity contribution in [1.82, 2.24) is 5.43 Å². The van der Waals surface area contributed by atoms with Crippen LogP contribution in [0, 0.1) is 16.0 Å². The lowest BCUT2D eigenvalue weighted by atomic mass is 9.91. The zero-order chi connectivity index (χ0) is 9.26. The summed E-state index contributed by atoms with van der Waals surface area (Å²) in [5.74, 6) is 0.169. The molecule has 0 bridgehead atoms. The zero-order valence-electron chi connectivity index (χ0n) is 6.88. The minimum Gasteiger partial charge on any atom is -0.303 e. The van der Waals surface area contributed by atoms with Crippen molar-refractivity contribution in [2.75, 3.05) is 0 Å². The zero-order valence-corrected chi connectivity index (χ0v) is 6.88. The third-order valence-electron chi connectivity index (χ3n) is 2.22. The molecule has 1 N–H and O–H groups in total. The van der Waals surface area contributed by atoms with Gasteiger partial charge in [0.1, 0.15) is 0 Å². The maximum atomic E-state index is 10.5. The number of hydrogen-bond acceptors (Lipinski definition) is 4. The molecule has 0 aromatic heterocycles. The molecule has 0 saturated heterocycles. The van der Waals surface area contributed by atoms with Crippen LogP contribution in [0.25, 0.3) is 0 Å². The average Bonchev–Trinajstić information content (AvgIpc) is 2.17. The highest BCUT2D eigenvalue weighted by Gasteiger charge is 2.25. The average molecular weight is 179 g/mol. The van der Waals surface area contributed by atoms with Crippen molar-refractivity contribution in [2.45, 2.75) is 12.5 Å². The summed E-state index contributed by atoms with van der Waals surface area (Å²) in [5.41, 5.74) is 3.07. The van der Waals surface area contributed by atoms with Gasteiger partial charge in [0.2, 0.25) is 0 Å². The van der Waals surface area contributed by atoms with Gasteiger partial charge in [-0.25, -0.2) is 0 Å². The Balaban J connectivity index is 2.21. The number of hydrazone groups is 1. The summed E-state index contributed by atoms with van der Waals surface area (Å²) in [7, 11) is 0. The van der Waals surface area contributed by atoms with E-state index in [9.17, 15) is 10.1 Å². The van der Waals surface area contributed by atoms with Gasteiger partial charge in [-0.1, -0.05) is 6.08 Å². The van der Waals surface area contributed by atoms with E-state index in [4.69, 9.17) is 0 Å². The minimum atomic E-state index is -0.363. The van der Waals surface area contributed by atoms with Crippen LogP contribution < -0.4 is 5.43 Å². The molecule has 0 radical (unpaired) electrons. The molecule has 2 rings (SSSR count). The van der Waals surface area contributed by atoms with E-state index >= 15 is 0 Å². The molecular weight excluding hydrogens is 170 g/mol. The summed E-state index contributed by atoms with van der Waals surface area (Å²) >= 11 is 0. The van der Waals surface area contributed by atoms with Gasteiger partial charge in [-0.05, 0) is 12.5 Å². The number of fused-ring (bicyclic) bond motifs is 1. The first kappa shape index (κ1) is 7.97. The van der Waals surface area contributed by atoms with Crippen molar-refractivity contribution in [1.29, 1.82) is 0 Å². The summed E-state index contributed by atoms with van der Waals surface area (Å²) in [6.45, 7) is 0. The lowest BCUT2D eigenvalue weighted by molar-refractivity contribution is -0.419. The maximum absolute atomic E-state index is 10.5. The third-order valence-corrected chi connectivity index (χ3v) is 2.22. The van der Waals surface area contributed by atoms with Gasteiger partial charge >= 0.3 is 0 Å². The summed E-state index contributed by atoms with van der Waals surface area (Å²) in [6, 6.07) is 0.119. The van der Waals surface area contributed by atoms with Crippen LogP contribution >= 0.6 is 0 Å². The molecule has 0 saturated carbocycles. The minimum absolute atomic E-state index is 0.119. The van der Waals surface area contributed by atoms with Gasteiger partial charge in [0, 0.05) is 18.2 Å². The van der Waals surface area contributed by atoms with Gasteiger partial charge in [0.25, 0.3) is 5.70 Å². The highest BCUT2D eigenvalue weighted by atomic mass is 16.6. The summed E-state index contributed by atoms with van der Waals surface area (Å²) in [6.07, 6.45) is 7.50. The molecular formula is C8H9N3O2. The van der Waals surface area contributed by atoms with Crippen LogP contribution in [0.4, 0.5) is 0 Å². The SMILES string of the molecule is O=[N+]([O-])C1=CC2CC=NNC2C=C1. The van der Waals surface area contributed by atoms with Crippen LogP contribution in [0.1, 0.15) is 6.42 Å². The normalized spacial score (nSPS) is 30.3. The molecule has 1 heterocycles. The first-order valence-corrected chi connectivity index (χ1v) is 4.09. The second-order valence-electron chi connectivity index (χ2n) is 3.07. The molecule has 13 heavy (non-hydrogen) atoms. The van der Waals surface area contributed by atoms with Gasteiger partial charge < -0.3 is 5.43 Å². The van der Waals surface area contributed by atoms with Crippen LogP contribution in [0.3, 0.4) is 0 Å². The molecule has 2 unspecified atom stereocenters. The number of nitrogens with one attached hydrogen (secondary N) is 1. The Morgan fingerprint density at radius 3 is 3.31 bits per heavy atom. The van der Waals surface area contributed by atoms with Crippen molar-refractivity contribution in [2.24, 2.45) is 11.0 Å². The van der Waals surface area contributed by atoms with Crippen molar-refractivity contribution in [3.8, 4) is 0 Å². The Morgan fingerprint density at radius 2 is 2.54 bits per heavy atom. The largest absolute Gasteiger partial charge is 0.303 e. The van der Waals surface area contributed by atoms with Crippen molar-refractivity contribution in [3.05, 3.63) is 34.0 Å². The summed E-state index contributed by atoms with van der Waals surface area (Å²) in [4.78, 5) is 10.1. The maximum Gasteiger partial charge on any atom is 0.265 e. The van der Waals surface area contributed by atoms with Crippen molar-refractivity contribution in [3.63, 3.8) is 0 Å². The smallest absolute Gasteiger partial charge is 0.265 e. The number of nitro groups is 1. The van der Waals surface area contributed by atoms with Crippen LogP contribution in [0.2, 0.25) is 0 Å². The molecule has 1 aliphatic heterocycles. The topological polar surface area (TPSA) is 67.5 Å². The van der Waals surface area contributed by atoms with E-state index in [0.717, 1.165) is 6.42 Å². The molecule has 5 nitrogen and oxygen atoms in total. The van der Waals surface area contributed by atoms with Crippen LogP contribution in [0.5, 0.6) is 0 Å². The van der Waals surface area contributed by atoms with Gasteiger partial charge in [0.05, 0.1) is 11.0 Å². The fraction of sp³-hybridized carbons (Fsp3) is 0.375. The molecule has 0 fully saturated rings. The first-order valence-electron chi connectivity index (χ1n) is 4.09. The Kier molecular flexibility index (Phi) is 1.84. The van der Waals surface area contributed by atoms with Crippen LogP contribution in [-0.4, -0.2) is 17.2 Å². The Labute approximate surface area is 75.0 Å². The van der Waals surface area contributed by atoms with E-state index in [0.29, 0.717) is 0 Å². The molecule has 0 spiro atoms. The van der Waals surface area contributed by atoms with E-state index in [2.05, 4.69) is 10.5 Å². The second-order valence-corrected chi connectivity index (χ2v) is 3.07. The third kappa shape index (κ3) is 1.44. The molecule has 68 valence electrons. The van der Waals surface area contributed by atoms with Gasteiger partial charge in [0.15, 0.2) is 0 Å². The predicted octanol–water partition coefficient (Wildman–Crippen LogP) is 0.681. The Morgan fingerprint density at radius 1 is 1.69 bits per heavy atom. The van der Waals surface area contributed by atoms with E-state index in [-0.39, 0.29) is 22.6 Å². The van der Waals surface area contributed by atoms with Gasteiger partial charge in [-0.15, -0.1) is 0 Å². The second kappa shape index (κ2) is 3.01. The Bertz CT molecular complexity index is 319. The molecule has 2 atom stereocenters. The van der Waals surface area contributed by atoms with E-state index in [1.165, 1.54) is 6.08 Å². The lowest BCUT2D eigenvalue weighted by Gasteiger charge is -2.25. The molecule has 5 heteroatoms. The molecule has 0 amide bonds. The standard InChI is InChI=1S/C8H9N3O2/c12-11(13)7-1-2-8-6(5-7)3-4-9-10-8/h1-2,4-6,8,10H,3H2. The Hall–Kier alpha value is -1.65. The highest BCUT2D eigenvalue weighted by molar-refractivity contribution is 5.59. The van der Waals surface area contributed by atoms with Gasteiger partial charge in [-0.3, -0.25) is 10.1 Å². The first-order chi connectivity index (χ1) is 6.27. The number of allylic oxidation sites excluding steroid dienone is 1. The monoisotopic (exact) mass is 179 g/mol. The van der Waals surface area contributed by atoms with E-state index in [1.54, 1.807) is 18.4 Å². The summed E-state index contributed by atoms with van der Waals surface area (Å²) in [5, 5.41) is 14.4. The number of hydrogen-bond donors (Lipinski definition) is 1. The fourth-order valence-electron chi connectivity index (χ4n) is 1.51. The van der Waals surface area contributed by atoms with Crippen LogP contribution in [0.15, 0.2) is 29.0 Å². The molecule has 1 aliphatic carbocycles. The van der Waals surface area contributed by atoms with Crippen LogP contribution in [-0.2, 0) is 0 Å². The highest BCUT2D eigenvalue weighted by Crippen LogP contribution is 2.21. The van der Waals surface area contributed by atoms with E-state index < -0.39 is 0 Å². The number of nitrogens with zero attached hydrogens (tertiary/aromatic N) is 2. The molecule has 0 aromatic carbocycles. The summed E-state index contributed by atoms with van der Waals surface area (Å²) < 4.78 is 0. The quantitative estimate of drug-likeness (QED) is 0.475. The molecule has 0 aromatic rings. The fourth-order valence-corrected chi connectivity index (χ4v) is 1.51.